The number of carbonyl (C=O) groups excluding carboxylic acids is 1. The molecule has 2 atom stereocenters. The highest BCUT2D eigenvalue weighted by Crippen LogP contribution is 2.56. The number of hydrogen-bond acceptors (Lipinski definition) is 3. The van der Waals surface area contributed by atoms with Crippen molar-refractivity contribution in [2.24, 2.45) is 11.3 Å². The summed E-state index contributed by atoms with van der Waals surface area (Å²) >= 11 is 0. The fourth-order valence-electron chi connectivity index (χ4n) is 4.99. The molecule has 1 spiro atoms. The third-order valence-electron chi connectivity index (χ3n) is 6.98. The van der Waals surface area contributed by atoms with Gasteiger partial charge in [0.15, 0.2) is 5.92 Å². The number of nitrogens with zero attached hydrogens (tertiary/aromatic N) is 1. The number of benzene rings is 2. The first-order chi connectivity index (χ1) is 17.0. The molecule has 36 heavy (non-hydrogen) atoms. The largest absolute Gasteiger partial charge is 0.337 e. The van der Waals surface area contributed by atoms with Crippen molar-refractivity contribution in [1.29, 1.82) is 0 Å². The van der Waals surface area contributed by atoms with Gasteiger partial charge in [-0.2, -0.15) is 0 Å². The van der Waals surface area contributed by atoms with E-state index in [1.54, 1.807) is 30.3 Å². The minimum absolute atomic E-state index is 0.0342. The van der Waals surface area contributed by atoms with E-state index < -0.39 is 64.0 Å². The van der Waals surface area contributed by atoms with E-state index in [9.17, 15) is 35.2 Å². The van der Waals surface area contributed by atoms with Gasteiger partial charge in [0.2, 0.25) is 21.9 Å². The average molecular weight is 535 g/mol. The second kappa shape index (κ2) is 10.0. The van der Waals surface area contributed by atoms with Gasteiger partial charge in [0.25, 0.3) is 12.9 Å². The lowest BCUT2D eigenvalue weighted by atomic mass is 9.91. The molecule has 0 aromatic heterocycles. The third-order valence-corrected chi connectivity index (χ3v) is 7.88. The number of likely N-dealkylation sites (tertiary alicyclic amines) is 1. The highest BCUT2D eigenvalue weighted by atomic mass is 32.2. The summed E-state index contributed by atoms with van der Waals surface area (Å²) in [6.45, 7) is -0.272. The molecule has 1 saturated heterocycles. The van der Waals surface area contributed by atoms with Crippen LogP contribution < -0.4 is 4.72 Å². The van der Waals surface area contributed by atoms with Gasteiger partial charge < -0.3 is 4.90 Å². The SMILES string of the molecule is O=C(C(C(F)F)C(F)F)N1CC2(CC2)[C@H](NS(=O)(=O)CF)[C@@H]1Cc1cccc(-c2ccccc2)c1F. The van der Waals surface area contributed by atoms with Gasteiger partial charge >= 0.3 is 0 Å². The van der Waals surface area contributed by atoms with E-state index in [0.29, 0.717) is 18.4 Å². The van der Waals surface area contributed by atoms with Crippen LogP contribution in [0.15, 0.2) is 48.5 Å². The normalized spacial score (nSPS) is 21.2. The predicted molar refractivity (Wildman–Crippen MR) is 120 cm³/mol. The standard InChI is InChI=1S/C24H24F6N2O3S/c25-13-36(34,35)31-20-17(11-15-7-4-8-16(19(15)26)14-5-2-1-3-6-14)32(12-24(20)9-10-24)23(33)18(21(27)28)22(29)30/h1-8,17-18,20-22,31H,9-13H2/t17-,20+/m0/s1. The Bertz CT molecular complexity index is 1200. The highest BCUT2D eigenvalue weighted by molar-refractivity contribution is 7.89. The van der Waals surface area contributed by atoms with Crippen LogP contribution in [0, 0.1) is 17.2 Å². The molecule has 2 aliphatic rings. The first-order valence-electron chi connectivity index (χ1n) is 11.3. The Labute approximate surface area is 204 Å². The zero-order valence-electron chi connectivity index (χ0n) is 18.9. The Balaban J connectivity index is 1.75. The molecule has 1 aliphatic carbocycles. The minimum atomic E-state index is -4.47. The summed E-state index contributed by atoms with van der Waals surface area (Å²) in [6.07, 6.45) is -6.93. The van der Waals surface area contributed by atoms with Crippen LogP contribution in [0.1, 0.15) is 18.4 Å². The van der Waals surface area contributed by atoms with Gasteiger partial charge in [-0.05, 0) is 30.4 Å². The molecular formula is C24H24F6N2O3S. The van der Waals surface area contributed by atoms with Crippen molar-refractivity contribution in [3.8, 4) is 11.1 Å². The Kier molecular flexibility index (Phi) is 7.38. The van der Waals surface area contributed by atoms with Crippen LogP contribution in [0.25, 0.3) is 11.1 Å². The van der Waals surface area contributed by atoms with Crippen molar-refractivity contribution in [2.75, 3.05) is 12.6 Å². The summed E-state index contributed by atoms with van der Waals surface area (Å²) in [5.41, 5.74) is -0.138. The molecule has 1 heterocycles. The number of amides is 1. The zero-order valence-corrected chi connectivity index (χ0v) is 19.7. The third kappa shape index (κ3) is 5.10. The number of hydrogen-bond donors (Lipinski definition) is 1. The molecule has 0 radical (unpaired) electrons. The topological polar surface area (TPSA) is 66.5 Å². The molecule has 1 saturated carbocycles. The number of rotatable bonds is 9. The van der Waals surface area contributed by atoms with E-state index in [0.717, 1.165) is 4.90 Å². The summed E-state index contributed by atoms with van der Waals surface area (Å²) in [5.74, 6) is -5.14. The summed E-state index contributed by atoms with van der Waals surface area (Å²) in [4.78, 5) is 13.7. The van der Waals surface area contributed by atoms with E-state index in [4.69, 9.17) is 0 Å². The van der Waals surface area contributed by atoms with Crippen LogP contribution in [-0.2, 0) is 21.2 Å². The quantitative estimate of drug-likeness (QED) is 0.486. The maximum absolute atomic E-state index is 15.6. The van der Waals surface area contributed by atoms with Crippen LogP contribution in [-0.4, -0.2) is 56.7 Å². The number of sulfonamides is 1. The van der Waals surface area contributed by atoms with Gasteiger partial charge in [-0.1, -0.05) is 48.5 Å². The van der Waals surface area contributed by atoms with Gasteiger partial charge in [0.05, 0.1) is 6.04 Å². The molecule has 2 aromatic carbocycles. The average Bonchev–Trinajstić information content (AvgIpc) is 3.55. The molecule has 0 bridgehead atoms. The molecule has 1 aliphatic heterocycles. The number of carbonyl (C=O) groups is 1. The van der Waals surface area contributed by atoms with Crippen molar-refractivity contribution < 1.29 is 39.6 Å². The number of halogens is 6. The van der Waals surface area contributed by atoms with Crippen LogP contribution in [0.5, 0.6) is 0 Å². The molecule has 4 rings (SSSR count). The van der Waals surface area contributed by atoms with E-state index >= 15 is 4.39 Å². The monoisotopic (exact) mass is 534 g/mol. The molecule has 196 valence electrons. The van der Waals surface area contributed by atoms with Crippen molar-refractivity contribution >= 4 is 15.9 Å². The molecular weight excluding hydrogens is 510 g/mol. The van der Waals surface area contributed by atoms with Gasteiger partial charge in [-0.15, -0.1) is 0 Å². The summed E-state index contributed by atoms with van der Waals surface area (Å²) < 4.78 is 109. The Morgan fingerprint density at radius 2 is 1.67 bits per heavy atom. The molecule has 2 fully saturated rings. The van der Waals surface area contributed by atoms with Gasteiger partial charge in [-0.3, -0.25) is 4.79 Å². The van der Waals surface area contributed by atoms with Crippen molar-refractivity contribution in [3.05, 3.63) is 59.9 Å². The summed E-state index contributed by atoms with van der Waals surface area (Å²) in [5, 5.41) is 0. The van der Waals surface area contributed by atoms with Crippen molar-refractivity contribution in [3.63, 3.8) is 0 Å². The second-order valence-corrected chi connectivity index (χ2v) is 10.9. The first kappa shape index (κ1) is 26.5. The van der Waals surface area contributed by atoms with E-state index in [-0.39, 0.29) is 24.1 Å². The highest BCUT2D eigenvalue weighted by Gasteiger charge is 2.62. The number of alkyl halides is 5. The van der Waals surface area contributed by atoms with E-state index in [2.05, 4.69) is 4.72 Å². The minimum Gasteiger partial charge on any atom is -0.337 e. The lowest BCUT2D eigenvalue weighted by Gasteiger charge is -2.31. The maximum Gasteiger partial charge on any atom is 0.255 e. The lowest BCUT2D eigenvalue weighted by molar-refractivity contribution is -0.150. The summed E-state index contributed by atoms with van der Waals surface area (Å²) in [7, 11) is -4.47. The molecule has 2 aromatic rings. The van der Waals surface area contributed by atoms with Gasteiger partial charge in [-0.25, -0.2) is 39.5 Å². The number of nitrogens with one attached hydrogen (secondary N) is 1. The fraction of sp³-hybridized carbons (Fsp3) is 0.458. The van der Waals surface area contributed by atoms with E-state index in [1.165, 1.54) is 18.2 Å². The molecule has 1 N–H and O–H groups in total. The lowest BCUT2D eigenvalue weighted by Crippen LogP contribution is -2.52. The fourth-order valence-corrected chi connectivity index (χ4v) is 5.85. The molecule has 1 amide bonds. The maximum atomic E-state index is 15.6. The van der Waals surface area contributed by atoms with Gasteiger partial charge in [0.1, 0.15) is 5.82 Å². The van der Waals surface area contributed by atoms with Crippen molar-refractivity contribution in [1.82, 2.24) is 9.62 Å². The van der Waals surface area contributed by atoms with Crippen LogP contribution in [0.2, 0.25) is 0 Å². The smallest absolute Gasteiger partial charge is 0.255 e. The van der Waals surface area contributed by atoms with E-state index in [1.807, 2.05) is 0 Å². The van der Waals surface area contributed by atoms with Crippen molar-refractivity contribution in [2.45, 2.75) is 44.2 Å². The Morgan fingerprint density at radius 3 is 2.22 bits per heavy atom. The summed E-state index contributed by atoms with van der Waals surface area (Å²) in [6, 6.07) is 8.72. The molecule has 0 unspecified atom stereocenters. The Hall–Kier alpha value is -2.60. The predicted octanol–water partition coefficient (Wildman–Crippen LogP) is 4.39. The Morgan fingerprint density at radius 1 is 1.03 bits per heavy atom. The van der Waals surface area contributed by atoms with Crippen LogP contribution >= 0.6 is 0 Å². The molecule has 12 heteroatoms. The first-order valence-corrected chi connectivity index (χ1v) is 12.9. The van der Waals surface area contributed by atoms with Crippen LogP contribution in [0.4, 0.5) is 26.3 Å². The molecule has 5 nitrogen and oxygen atoms in total. The zero-order chi connectivity index (χ0) is 26.3. The van der Waals surface area contributed by atoms with Crippen LogP contribution in [0.3, 0.4) is 0 Å². The van der Waals surface area contributed by atoms with Gasteiger partial charge in [0, 0.05) is 23.6 Å². The second-order valence-electron chi connectivity index (χ2n) is 9.26.